The van der Waals surface area contributed by atoms with Crippen LogP contribution in [0.3, 0.4) is 0 Å². The largest absolute Gasteiger partial charge is 0.268 e. The number of hydrogen-bond acceptors (Lipinski definition) is 1. The van der Waals surface area contributed by atoms with Gasteiger partial charge in [0.1, 0.15) is 0 Å². The van der Waals surface area contributed by atoms with Crippen LogP contribution in [0, 0.1) is 0 Å². The van der Waals surface area contributed by atoms with Crippen LogP contribution in [-0.4, -0.2) is 15.7 Å². The van der Waals surface area contributed by atoms with Gasteiger partial charge in [0.25, 0.3) is 0 Å². The molecule has 1 aromatic heterocycles. The van der Waals surface area contributed by atoms with Crippen LogP contribution in [0.25, 0.3) is 16.7 Å². The zero-order valence-electron chi connectivity index (χ0n) is 13.0. The van der Waals surface area contributed by atoms with E-state index in [1.165, 1.54) is 5.56 Å². The van der Waals surface area contributed by atoms with E-state index in [1.807, 2.05) is 29.1 Å². The number of alkyl halides is 1. The first-order valence-corrected chi connectivity index (χ1v) is 8.20. The van der Waals surface area contributed by atoms with Crippen LogP contribution in [0.1, 0.15) is 17.5 Å². The number of halogens is 1. The number of aromatic nitrogens is 2. The van der Waals surface area contributed by atoms with Crippen molar-refractivity contribution >= 4 is 17.2 Å². The molecule has 3 aromatic rings. The fourth-order valence-corrected chi connectivity index (χ4v) is 2.75. The SMILES string of the molecule is C=C(CCCl)c1ccc(-c2cnn(Cc3ccccc3)c2)cc1. The molecule has 3 rings (SSSR count). The van der Waals surface area contributed by atoms with Crippen molar-refractivity contribution in [2.24, 2.45) is 0 Å². The molecule has 0 aliphatic rings. The Morgan fingerprint density at radius 2 is 1.74 bits per heavy atom. The molecule has 0 atom stereocenters. The van der Waals surface area contributed by atoms with Crippen molar-refractivity contribution in [1.29, 1.82) is 0 Å². The molecule has 0 radical (unpaired) electrons. The first kappa shape index (κ1) is 15.6. The second kappa shape index (κ2) is 7.30. The number of nitrogens with zero attached hydrogens (tertiary/aromatic N) is 2. The summed E-state index contributed by atoms with van der Waals surface area (Å²) < 4.78 is 1.96. The fraction of sp³-hybridized carbons (Fsp3) is 0.150. The monoisotopic (exact) mass is 322 g/mol. The molecule has 0 amide bonds. The minimum atomic E-state index is 0.604. The smallest absolute Gasteiger partial charge is 0.0659 e. The highest BCUT2D eigenvalue weighted by molar-refractivity contribution is 6.18. The predicted molar refractivity (Wildman–Crippen MR) is 97.6 cm³/mol. The van der Waals surface area contributed by atoms with E-state index in [-0.39, 0.29) is 0 Å². The number of allylic oxidation sites excluding steroid dienone is 1. The summed E-state index contributed by atoms with van der Waals surface area (Å²) in [5.74, 6) is 0.604. The highest BCUT2D eigenvalue weighted by Crippen LogP contribution is 2.23. The Balaban J connectivity index is 1.74. The van der Waals surface area contributed by atoms with Crippen LogP contribution in [0.4, 0.5) is 0 Å². The van der Waals surface area contributed by atoms with Crippen molar-refractivity contribution in [3.8, 4) is 11.1 Å². The maximum atomic E-state index is 5.77. The van der Waals surface area contributed by atoms with E-state index >= 15 is 0 Å². The standard InChI is InChI=1S/C20H19ClN2/c1-16(11-12-21)18-7-9-19(10-8-18)20-13-22-23(15-20)14-17-5-3-2-4-6-17/h2-10,13,15H,1,11-12,14H2. The highest BCUT2D eigenvalue weighted by Gasteiger charge is 2.04. The zero-order valence-corrected chi connectivity index (χ0v) is 13.7. The average Bonchev–Trinajstić information content (AvgIpc) is 3.05. The second-order valence-corrected chi connectivity index (χ2v) is 5.91. The Morgan fingerprint density at radius 3 is 2.43 bits per heavy atom. The summed E-state index contributed by atoms with van der Waals surface area (Å²) in [6, 6.07) is 18.8. The lowest BCUT2D eigenvalue weighted by Gasteiger charge is -2.05. The fourth-order valence-electron chi connectivity index (χ4n) is 2.53. The van der Waals surface area contributed by atoms with Crippen LogP contribution in [-0.2, 0) is 6.54 Å². The topological polar surface area (TPSA) is 17.8 Å². The first-order valence-electron chi connectivity index (χ1n) is 7.67. The Labute approximate surface area is 142 Å². The maximum absolute atomic E-state index is 5.77. The molecule has 2 aromatic carbocycles. The Bertz CT molecular complexity index is 773. The van der Waals surface area contributed by atoms with Crippen molar-refractivity contribution in [3.05, 3.63) is 84.7 Å². The van der Waals surface area contributed by atoms with Gasteiger partial charge in [-0.3, -0.25) is 4.68 Å². The van der Waals surface area contributed by atoms with E-state index < -0.39 is 0 Å². The summed E-state index contributed by atoms with van der Waals surface area (Å²) in [5, 5.41) is 4.46. The van der Waals surface area contributed by atoms with Gasteiger partial charge in [-0.15, -0.1) is 11.6 Å². The van der Waals surface area contributed by atoms with Crippen molar-refractivity contribution in [2.45, 2.75) is 13.0 Å². The molecule has 0 bridgehead atoms. The molecular formula is C20H19ClN2. The van der Waals surface area contributed by atoms with E-state index in [2.05, 4.69) is 54.3 Å². The summed E-state index contributed by atoms with van der Waals surface area (Å²) in [6.45, 7) is 4.85. The Morgan fingerprint density at radius 1 is 1.00 bits per heavy atom. The van der Waals surface area contributed by atoms with Crippen LogP contribution in [0.2, 0.25) is 0 Å². The molecule has 0 aliphatic carbocycles. The molecule has 0 saturated heterocycles. The van der Waals surface area contributed by atoms with Gasteiger partial charge in [-0.2, -0.15) is 5.10 Å². The molecule has 0 N–H and O–H groups in total. The van der Waals surface area contributed by atoms with Crippen molar-refractivity contribution in [3.63, 3.8) is 0 Å². The van der Waals surface area contributed by atoms with Crippen LogP contribution < -0.4 is 0 Å². The summed E-state index contributed by atoms with van der Waals surface area (Å²) in [4.78, 5) is 0. The lowest BCUT2D eigenvalue weighted by atomic mass is 10.0. The quantitative estimate of drug-likeness (QED) is 0.567. The minimum Gasteiger partial charge on any atom is -0.268 e. The number of benzene rings is 2. The molecule has 0 saturated carbocycles. The molecule has 23 heavy (non-hydrogen) atoms. The van der Waals surface area contributed by atoms with Crippen LogP contribution >= 0.6 is 11.6 Å². The summed E-state index contributed by atoms with van der Waals surface area (Å²) in [7, 11) is 0. The van der Waals surface area contributed by atoms with Gasteiger partial charge in [-0.05, 0) is 28.7 Å². The highest BCUT2D eigenvalue weighted by atomic mass is 35.5. The van der Waals surface area contributed by atoms with Gasteiger partial charge in [0.2, 0.25) is 0 Å². The average molecular weight is 323 g/mol. The minimum absolute atomic E-state index is 0.604. The molecule has 3 heteroatoms. The van der Waals surface area contributed by atoms with E-state index in [0.29, 0.717) is 5.88 Å². The van der Waals surface area contributed by atoms with Gasteiger partial charge in [-0.25, -0.2) is 0 Å². The summed E-state index contributed by atoms with van der Waals surface area (Å²) >= 11 is 5.77. The Kier molecular flexibility index (Phi) is 4.94. The summed E-state index contributed by atoms with van der Waals surface area (Å²) in [6.07, 6.45) is 4.80. The van der Waals surface area contributed by atoms with Crippen molar-refractivity contribution in [2.75, 3.05) is 5.88 Å². The number of rotatable bonds is 6. The van der Waals surface area contributed by atoms with Crippen molar-refractivity contribution in [1.82, 2.24) is 9.78 Å². The van der Waals surface area contributed by atoms with Crippen molar-refractivity contribution < 1.29 is 0 Å². The van der Waals surface area contributed by atoms with Gasteiger partial charge in [0.15, 0.2) is 0 Å². The van der Waals surface area contributed by atoms with E-state index in [0.717, 1.165) is 35.2 Å². The third-order valence-electron chi connectivity index (χ3n) is 3.84. The van der Waals surface area contributed by atoms with E-state index in [9.17, 15) is 0 Å². The molecule has 0 fully saturated rings. The van der Waals surface area contributed by atoms with E-state index in [1.54, 1.807) is 0 Å². The molecule has 1 heterocycles. The molecule has 2 nitrogen and oxygen atoms in total. The lowest BCUT2D eigenvalue weighted by molar-refractivity contribution is 0.687. The Hall–Kier alpha value is -2.32. The third kappa shape index (κ3) is 3.91. The second-order valence-electron chi connectivity index (χ2n) is 5.53. The first-order chi connectivity index (χ1) is 11.3. The van der Waals surface area contributed by atoms with Gasteiger partial charge in [0.05, 0.1) is 12.7 Å². The zero-order chi connectivity index (χ0) is 16.1. The van der Waals surface area contributed by atoms with Gasteiger partial charge < -0.3 is 0 Å². The molecule has 0 aliphatic heterocycles. The van der Waals surface area contributed by atoms with E-state index in [4.69, 9.17) is 11.6 Å². The predicted octanol–water partition coefficient (Wildman–Crippen LogP) is 5.24. The van der Waals surface area contributed by atoms with Gasteiger partial charge in [0, 0.05) is 17.6 Å². The van der Waals surface area contributed by atoms with Crippen LogP contribution in [0.15, 0.2) is 73.6 Å². The normalized spacial score (nSPS) is 10.7. The van der Waals surface area contributed by atoms with Gasteiger partial charge in [-0.1, -0.05) is 61.2 Å². The molecule has 0 spiro atoms. The molecule has 0 unspecified atom stereocenters. The van der Waals surface area contributed by atoms with Crippen LogP contribution in [0.5, 0.6) is 0 Å². The summed E-state index contributed by atoms with van der Waals surface area (Å²) in [5.41, 5.74) is 5.74. The maximum Gasteiger partial charge on any atom is 0.0659 e. The number of hydrogen-bond donors (Lipinski definition) is 0. The third-order valence-corrected chi connectivity index (χ3v) is 4.03. The molecular weight excluding hydrogens is 304 g/mol. The molecule has 116 valence electrons. The van der Waals surface area contributed by atoms with Gasteiger partial charge >= 0.3 is 0 Å². The lowest BCUT2D eigenvalue weighted by Crippen LogP contribution is -1.99.